The van der Waals surface area contributed by atoms with Gasteiger partial charge < -0.3 is 9.80 Å². The predicted molar refractivity (Wildman–Crippen MR) is 62.6 cm³/mol. The average molecular weight is 198 g/mol. The van der Waals surface area contributed by atoms with E-state index in [2.05, 4.69) is 37.7 Å². The SMILES string of the molecule is CC(C)CCN1CCC(N(C)C)CC1. The van der Waals surface area contributed by atoms with E-state index in [-0.39, 0.29) is 0 Å². The molecular formula is C12H26N2. The molecule has 0 atom stereocenters. The Morgan fingerprint density at radius 2 is 1.79 bits per heavy atom. The van der Waals surface area contributed by atoms with Crippen LogP contribution in [0, 0.1) is 5.92 Å². The van der Waals surface area contributed by atoms with Crippen molar-refractivity contribution >= 4 is 0 Å². The summed E-state index contributed by atoms with van der Waals surface area (Å²) in [5, 5.41) is 0. The van der Waals surface area contributed by atoms with Crippen molar-refractivity contribution in [3.63, 3.8) is 0 Å². The van der Waals surface area contributed by atoms with Gasteiger partial charge in [-0.3, -0.25) is 0 Å². The van der Waals surface area contributed by atoms with Gasteiger partial charge in [-0.25, -0.2) is 0 Å². The minimum atomic E-state index is 0.824. The number of likely N-dealkylation sites (tertiary alicyclic amines) is 1. The van der Waals surface area contributed by atoms with Gasteiger partial charge in [-0.1, -0.05) is 13.8 Å². The maximum absolute atomic E-state index is 2.62. The smallest absolute Gasteiger partial charge is 0.0113 e. The Labute approximate surface area is 89.3 Å². The molecule has 0 aromatic heterocycles. The maximum atomic E-state index is 2.62. The standard InChI is InChI=1S/C12H26N2/c1-11(2)5-8-14-9-6-12(7-10-14)13(3)4/h11-12H,5-10H2,1-4H3. The number of nitrogens with zero attached hydrogens (tertiary/aromatic N) is 2. The summed E-state index contributed by atoms with van der Waals surface area (Å²) < 4.78 is 0. The summed E-state index contributed by atoms with van der Waals surface area (Å²) in [5.74, 6) is 0.849. The van der Waals surface area contributed by atoms with E-state index in [0.29, 0.717) is 0 Å². The molecule has 0 bridgehead atoms. The molecule has 0 unspecified atom stereocenters. The van der Waals surface area contributed by atoms with Crippen LogP contribution in [0.5, 0.6) is 0 Å². The van der Waals surface area contributed by atoms with E-state index in [1.165, 1.54) is 38.9 Å². The lowest BCUT2D eigenvalue weighted by Crippen LogP contribution is -2.42. The molecular weight excluding hydrogens is 172 g/mol. The Kier molecular flexibility index (Phi) is 4.90. The molecule has 0 radical (unpaired) electrons. The fourth-order valence-electron chi connectivity index (χ4n) is 2.10. The van der Waals surface area contributed by atoms with Crippen LogP contribution in [0.25, 0.3) is 0 Å². The molecule has 1 fully saturated rings. The van der Waals surface area contributed by atoms with Crippen LogP contribution >= 0.6 is 0 Å². The quantitative estimate of drug-likeness (QED) is 0.682. The third-order valence-electron chi connectivity index (χ3n) is 3.31. The predicted octanol–water partition coefficient (Wildman–Crippen LogP) is 2.06. The molecule has 1 heterocycles. The van der Waals surface area contributed by atoms with Crippen LogP contribution in [0.1, 0.15) is 33.1 Å². The lowest BCUT2D eigenvalue weighted by molar-refractivity contribution is 0.140. The zero-order chi connectivity index (χ0) is 10.6. The summed E-state index contributed by atoms with van der Waals surface area (Å²) in [4.78, 5) is 5.00. The van der Waals surface area contributed by atoms with Crippen LogP contribution in [-0.2, 0) is 0 Å². The monoisotopic (exact) mass is 198 g/mol. The van der Waals surface area contributed by atoms with E-state index in [1.54, 1.807) is 0 Å². The number of rotatable bonds is 4. The van der Waals surface area contributed by atoms with Gasteiger partial charge in [0.05, 0.1) is 0 Å². The highest BCUT2D eigenvalue weighted by Crippen LogP contribution is 2.15. The maximum Gasteiger partial charge on any atom is 0.0113 e. The van der Waals surface area contributed by atoms with E-state index in [9.17, 15) is 0 Å². The van der Waals surface area contributed by atoms with Crippen molar-refractivity contribution in [3.8, 4) is 0 Å². The van der Waals surface area contributed by atoms with E-state index in [1.807, 2.05) is 0 Å². The molecule has 2 heteroatoms. The second kappa shape index (κ2) is 5.72. The molecule has 0 amide bonds. The number of hydrogen-bond acceptors (Lipinski definition) is 2. The van der Waals surface area contributed by atoms with Gasteiger partial charge in [-0.05, 0) is 58.9 Å². The van der Waals surface area contributed by atoms with Crippen LogP contribution in [-0.4, -0.2) is 49.6 Å². The molecule has 0 N–H and O–H groups in total. The van der Waals surface area contributed by atoms with Crippen LogP contribution < -0.4 is 0 Å². The number of hydrogen-bond donors (Lipinski definition) is 0. The highest BCUT2D eigenvalue weighted by Gasteiger charge is 2.19. The van der Waals surface area contributed by atoms with Gasteiger partial charge in [0.15, 0.2) is 0 Å². The van der Waals surface area contributed by atoms with E-state index >= 15 is 0 Å². The molecule has 0 aromatic rings. The second-order valence-corrected chi connectivity index (χ2v) is 5.22. The summed E-state index contributed by atoms with van der Waals surface area (Å²) in [5.41, 5.74) is 0. The van der Waals surface area contributed by atoms with Crippen molar-refractivity contribution < 1.29 is 0 Å². The molecule has 0 aliphatic carbocycles. The Bertz CT molecular complexity index is 146. The van der Waals surface area contributed by atoms with Gasteiger partial charge >= 0.3 is 0 Å². The van der Waals surface area contributed by atoms with Crippen molar-refractivity contribution in [3.05, 3.63) is 0 Å². The first-order valence-corrected chi connectivity index (χ1v) is 5.98. The van der Waals surface area contributed by atoms with Crippen LogP contribution in [0.4, 0.5) is 0 Å². The molecule has 1 aliphatic heterocycles. The molecule has 0 saturated carbocycles. The minimum absolute atomic E-state index is 0.824. The summed E-state index contributed by atoms with van der Waals surface area (Å²) in [6, 6.07) is 0.824. The first-order chi connectivity index (χ1) is 6.59. The Morgan fingerprint density at radius 1 is 1.21 bits per heavy atom. The van der Waals surface area contributed by atoms with Gasteiger partial charge in [0.2, 0.25) is 0 Å². The number of piperidine rings is 1. The Balaban J connectivity index is 2.16. The average Bonchev–Trinajstić information content (AvgIpc) is 2.15. The zero-order valence-corrected chi connectivity index (χ0v) is 10.3. The van der Waals surface area contributed by atoms with Crippen LogP contribution in [0.15, 0.2) is 0 Å². The molecule has 1 saturated heterocycles. The second-order valence-electron chi connectivity index (χ2n) is 5.22. The largest absolute Gasteiger partial charge is 0.306 e. The van der Waals surface area contributed by atoms with Crippen LogP contribution in [0.2, 0.25) is 0 Å². The minimum Gasteiger partial charge on any atom is -0.306 e. The van der Waals surface area contributed by atoms with Gasteiger partial charge in [0, 0.05) is 6.04 Å². The third kappa shape index (κ3) is 3.97. The van der Waals surface area contributed by atoms with Gasteiger partial charge in [-0.15, -0.1) is 0 Å². The van der Waals surface area contributed by atoms with Crippen LogP contribution in [0.3, 0.4) is 0 Å². The van der Waals surface area contributed by atoms with E-state index in [4.69, 9.17) is 0 Å². The highest BCUT2D eigenvalue weighted by molar-refractivity contribution is 4.76. The van der Waals surface area contributed by atoms with Crippen molar-refractivity contribution in [1.29, 1.82) is 0 Å². The van der Waals surface area contributed by atoms with Gasteiger partial charge in [-0.2, -0.15) is 0 Å². The zero-order valence-electron chi connectivity index (χ0n) is 10.3. The Morgan fingerprint density at radius 3 is 2.21 bits per heavy atom. The topological polar surface area (TPSA) is 6.48 Å². The molecule has 14 heavy (non-hydrogen) atoms. The van der Waals surface area contributed by atoms with Crippen molar-refractivity contribution in [2.24, 2.45) is 5.92 Å². The van der Waals surface area contributed by atoms with Crippen molar-refractivity contribution in [2.45, 2.75) is 39.2 Å². The lowest BCUT2D eigenvalue weighted by atomic mass is 10.0. The normalized spacial score (nSPS) is 21.0. The first kappa shape index (κ1) is 12.0. The van der Waals surface area contributed by atoms with E-state index in [0.717, 1.165) is 12.0 Å². The first-order valence-electron chi connectivity index (χ1n) is 5.98. The van der Waals surface area contributed by atoms with Gasteiger partial charge in [0.25, 0.3) is 0 Å². The Hall–Kier alpha value is -0.0800. The van der Waals surface area contributed by atoms with Crippen molar-refractivity contribution in [1.82, 2.24) is 9.80 Å². The van der Waals surface area contributed by atoms with Crippen molar-refractivity contribution in [2.75, 3.05) is 33.7 Å². The molecule has 1 rings (SSSR count). The fraction of sp³-hybridized carbons (Fsp3) is 1.00. The molecule has 2 nitrogen and oxygen atoms in total. The summed E-state index contributed by atoms with van der Waals surface area (Å²) in [6.45, 7) is 8.53. The molecule has 0 aromatic carbocycles. The fourth-order valence-corrected chi connectivity index (χ4v) is 2.10. The van der Waals surface area contributed by atoms with E-state index < -0.39 is 0 Å². The summed E-state index contributed by atoms with van der Waals surface area (Å²) in [7, 11) is 4.41. The molecule has 84 valence electrons. The molecule has 1 aliphatic rings. The summed E-state index contributed by atoms with van der Waals surface area (Å²) in [6.07, 6.45) is 4.06. The lowest BCUT2D eigenvalue weighted by Gasteiger charge is -2.35. The third-order valence-corrected chi connectivity index (χ3v) is 3.31. The molecule has 0 spiro atoms. The summed E-state index contributed by atoms with van der Waals surface area (Å²) >= 11 is 0. The highest BCUT2D eigenvalue weighted by atomic mass is 15.2. The van der Waals surface area contributed by atoms with Gasteiger partial charge in [0.1, 0.15) is 0 Å².